The molecule has 3 heterocycles. The first-order valence-electron chi connectivity index (χ1n) is 10.6. The smallest absolute Gasteiger partial charge is 0.337 e. The van der Waals surface area contributed by atoms with Crippen LogP contribution in [0.4, 0.5) is 0 Å². The van der Waals surface area contributed by atoms with E-state index in [1.54, 1.807) is 22.8 Å². The summed E-state index contributed by atoms with van der Waals surface area (Å²) in [5, 5.41) is 0.546. The van der Waals surface area contributed by atoms with Gasteiger partial charge in [-0.15, -0.1) is 0 Å². The molecular formula is C24H20N6O3S. The highest BCUT2D eigenvalue weighted by molar-refractivity contribution is 7.98. The molecule has 0 aliphatic carbocycles. The van der Waals surface area contributed by atoms with Gasteiger partial charge in [0.1, 0.15) is 5.82 Å². The molecule has 0 bridgehead atoms. The van der Waals surface area contributed by atoms with Gasteiger partial charge in [-0.05, 0) is 30.2 Å². The third-order valence-electron chi connectivity index (χ3n) is 5.32. The van der Waals surface area contributed by atoms with Gasteiger partial charge in [-0.1, -0.05) is 42.1 Å². The predicted molar refractivity (Wildman–Crippen MR) is 129 cm³/mol. The summed E-state index contributed by atoms with van der Waals surface area (Å²) in [6.07, 6.45) is 3.70. The van der Waals surface area contributed by atoms with E-state index in [-0.39, 0.29) is 11.1 Å². The van der Waals surface area contributed by atoms with Gasteiger partial charge in [0.25, 0.3) is 5.56 Å². The molecule has 0 spiro atoms. The molecule has 34 heavy (non-hydrogen) atoms. The zero-order valence-electron chi connectivity index (χ0n) is 18.3. The van der Waals surface area contributed by atoms with Gasteiger partial charge < -0.3 is 9.72 Å². The fourth-order valence-electron chi connectivity index (χ4n) is 3.63. The van der Waals surface area contributed by atoms with Crippen LogP contribution in [-0.2, 0) is 23.5 Å². The number of imidazole rings is 1. The Morgan fingerprint density at radius 3 is 2.74 bits per heavy atom. The van der Waals surface area contributed by atoms with E-state index >= 15 is 0 Å². The molecule has 5 aromatic rings. The molecule has 2 aromatic carbocycles. The zero-order chi connectivity index (χ0) is 23.5. The maximum atomic E-state index is 13.2. The van der Waals surface area contributed by atoms with Crippen LogP contribution in [0.3, 0.4) is 0 Å². The van der Waals surface area contributed by atoms with Crippen molar-refractivity contribution in [2.24, 2.45) is 0 Å². The number of aryl methyl sites for hydroxylation is 1. The molecule has 0 unspecified atom stereocenters. The van der Waals surface area contributed by atoms with Gasteiger partial charge in [-0.2, -0.15) is 0 Å². The topological polar surface area (TPSA) is 116 Å². The number of H-pyrrole nitrogens is 1. The van der Waals surface area contributed by atoms with E-state index in [9.17, 15) is 9.59 Å². The molecule has 9 nitrogen and oxygen atoms in total. The minimum Gasteiger partial charge on any atom is -0.465 e. The number of hydrogen-bond acceptors (Lipinski definition) is 8. The summed E-state index contributed by atoms with van der Waals surface area (Å²) in [6.45, 7) is 0.466. The molecule has 0 radical (unpaired) electrons. The predicted octanol–water partition coefficient (Wildman–Crippen LogP) is 3.38. The lowest BCUT2D eigenvalue weighted by molar-refractivity contribution is 0.0601. The monoisotopic (exact) mass is 472 g/mol. The average molecular weight is 473 g/mol. The maximum absolute atomic E-state index is 13.2. The first-order chi connectivity index (χ1) is 16.6. The number of carbonyl (C=O) groups is 1. The Morgan fingerprint density at radius 1 is 1.09 bits per heavy atom. The van der Waals surface area contributed by atoms with Crippen LogP contribution in [0.1, 0.15) is 21.7 Å². The Labute approximate surface area is 198 Å². The lowest BCUT2D eigenvalue weighted by atomic mass is 10.1. The average Bonchev–Trinajstić information content (AvgIpc) is 3.29. The van der Waals surface area contributed by atoms with E-state index in [1.807, 2.05) is 30.3 Å². The highest BCUT2D eigenvalue weighted by Gasteiger charge is 2.15. The first kappa shape index (κ1) is 21.8. The van der Waals surface area contributed by atoms with Crippen molar-refractivity contribution >= 4 is 39.9 Å². The standard InChI is InChI=1S/C24H20N6O3S/c1-33-23(32)16-7-8-17-18(13-16)28-19(27-17)14-34-24-29-21-20(25-10-11-26-21)22(31)30(24)12-9-15-5-3-2-4-6-15/h2-8,10-11,13H,9,12,14H2,1H3,(H,27,28). The summed E-state index contributed by atoms with van der Waals surface area (Å²) in [5.41, 5.74) is 3.38. The van der Waals surface area contributed by atoms with Gasteiger partial charge in [-0.25, -0.2) is 24.7 Å². The highest BCUT2D eigenvalue weighted by Crippen LogP contribution is 2.23. The number of aromatic amines is 1. The fraction of sp³-hybridized carbons (Fsp3) is 0.167. The van der Waals surface area contributed by atoms with E-state index in [0.717, 1.165) is 11.1 Å². The fourth-order valence-corrected chi connectivity index (χ4v) is 4.51. The number of rotatable bonds is 7. The zero-order valence-corrected chi connectivity index (χ0v) is 19.1. The van der Waals surface area contributed by atoms with Gasteiger partial charge in [-0.3, -0.25) is 9.36 Å². The number of nitrogens with one attached hydrogen (secondary N) is 1. The molecular weight excluding hydrogens is 452 g/mol. The molecule has 0 amide bonds. The normalized spacial score (nSPS) is 11.2. The van der Waals surface area contributed by atoms with Gasteiger partial charge in [0, 0.05) is 18.9 Å². The van der Waals surface area contributed by atoms with Crippen molar-refractivity contribution in [3.05, 3.63) is 88.2 Å². The van der Waals surface area contributed by atoms with Crippen molar-refractivity contribution in [3.8, 4) is 0 Å². The quantitative estimate of drug-likeness (QED) is 0.218. The second-order valence-electron chi connectivity index (χ2n) is 7.51. The van der Waals surface area contributed by atoms with Crippen LogP contribution in [0.25, 0.3) is 22.2 Å². The summed E-state index contributed by atoms with van der Waals surface area (Å²) in [5.74, 6) is 0.737. The lowest BCUT2D eigenvalue weighted by Gasteiger charge is -2.12. The van der Waals surface area contributed by atoms with Gasteiger partial charge in [0.2, 0.25) is 0 Å². The number of nitrogens with zero attached hydrogens (tertiary/aromatic N) is 5. The Hall–Kier alpha value is -4.05. The number of carbonyl (C=O) groups excluding carboxylic acids is 1. The second-order valence-corrected chi connectivity index (χ2v) is 8.45. The Kier molecular flexibility index (Phi) is 6.05. The van der Waals surface area contributed by atoms with Crippen LogP contribution in [-0.4, -0.2) is 42.6 Å². The summed E-state index contributed by atoms with van der Waals surface area (Å²) in [7, 11) is 1.34. The molecule has 0 aliphatic rings. The maximum Gasteiger partial charge on any atom is 0.337 e. The number of esters is 1. The minimum absolute atomic E-state index is 0.219. The lowest BCUT2D eigenvalue weighted by Crippen LogP contribution is -2.25. The largest absolute Gasteiger partial charge is 0.465 e. The molecule has 1 N–H and O–H groups in total. The summed E-state index contributed by atoms with van der Waals surface area (Å²) < 4.78 is 6.42. The van der Waals surface area contributed by atoms with Crippen LogP contribution in [0.15, 0.2) is 70.9 Å². The van der Waals surface area contributed by atoms with Crippen molar-refractivity contribution in [2.45, 2.75) is 23.9 Å². The number of hydrogen-bond donors (Lipinski definition) is 1. The third-order valence-corrected chi connectivity index (χ3v) is 6.30. The van der Waals surface area contributed by atoms with Crippen molar-refractivity contribution in [1.82, 2.24) is 29.5 Å². The Balaban J connectivity index is 1.44. The van der Waals surface area contributed by atoms with Crippen LogP contribution < -0.4 is 5.56 Å². The van der Waals surface area contributed by atoms with Crippen molar-refractivity contribution < 1.29 is 9.53 Å². The van der Waals surface area contributed by atoms with E-state index in [4.69, 9.17) is 4.74 Å². The summed E-state index contributed by atoms with van der Waals surface area (Å²) in [4.78, 5) is 45.9. The van der Waals surface area contributed by atoms with Crippen LogP contribution in [0, 0.1) is 0 Å². The van der Waals surface area contributed by atoms with Crippen molar-refractivity contribution in [3.63, 3.8) is 0 Å². The van der Waals surface area contributed by atoms with Crippen LogP contribution in [0.5, 0.6) is 0 Å². The Bertz CT molecular complexity index is 1550. The SMILES string of the molecule is COC(=O)c1ccc2[nH]c(CSc3nc4nccnc4c(=O)n3CCc3ccccc3)nc2c1. The first-order valence-corrected chi connectivity index (χ1v) is 11.6. The van der Waals surface area contributed by atoms with Crippen LogP contribution in [0.2, 0.25) is 0 Å². The molecule has 0 fully saturated rings. The Morgan fingerprint density at radius 2 is 1.91 bits per heavy atom. The number of fused-ring (bicyclic) bond motifs is 2. The van der Waals surface area contributed by atoms with Crippen molar-refractivity contribution in [2.75, 3.05) is 7.11 Å². The third kappa shape index (κ3) is 4.40. The van der Waals surface area contributed by atoms with Gasteiger partial charge in [0.05, 0.1) is 29.5 Å². The minimum atomic E-state index is -0.412. The molecule has 0 saturated carbocycles. The van der Waals surface area contributed by atoms with E-state index in [1.165, 1.54) is 31.3 Å². The summed E-state index contributed by atoms with van der Waals surface area (Å²) >= 11 is 1.39. The number of thioether (sulfide) groups is 1. The molecule has 0 atom stereocenters. The van der Waals surface area contributed by atoms with Gasteiger partial charge >= 0.3 is 5.97 Å². The van der Waals surface area contributed by atoms with E-state index in [2.05, 4.69) is 24.9 Å². The van der Waals surface area contributed by atoms with Crippen molar-refractivity contribution in [1.29, 1.82) is 0 Å². The summed E-state index contributed by atoms with van der Waals surface area (Å²) in [6, 6.07) is 15.1. The molecule has 0 saturated heterocycles. The van der Waals surface area contributed by atoms with E-state index in [0.29, 0.717) is 46.4 Å². The number of benzene rings is 2. The number of methoxy groups -OCH3 is 1. The highest BCUT2D eigenvalue weighted by atomic mass is 32.2. The molecule has 5 rings (SSSR count). The molecule has 10 heteroatoms. The van der Waals surface area contributed by atoms with Crippen LogP contribution >= 0.6 is 11.8 Å². The van der Waals surface area contributed by atoms with Gasteiger partial charge in [0.15, 0.2) is 16.3 Å². The molecule has 0 aliphatic heterocycles. The number of ether oxygens (including phenoxy) is 1. The van der Waals surface area contributed by atoms with E-state index < -0.39 is 5.97 Å². The number of aromatic nitrogens is 6. The second kappa shape index (κ2) is 9.44. The molecule has 170 valence electrons. The molecule has 3 aromatic heterocycles.